The Morgan fingerprint density at radius 2 is 1.75 bits per heavy atom. The number of aliphatic hydroxyl groups excluding tert-OH is 1. The van der Waals surface area contributed by atoms with Crippen molar-refractivity contribution in [1.82, 2.24) is 0 Å². The minimum atomic E-state index is -0.895. The number of hydrogen-bond donors (Lipinski definition) is 1. The van der Waals surface area contributed by atoms with E-state index in [4.69, 9.17) is 16.3 Å². The molecule has 1 N–H and O–H groups in total. The lowest BCUT2D eigenvalue weighted by Gasteiger charge is -2.25. The molecule has 0 radical (unpaired) electrons. The van der Waals surface area contributed by atoms with Gasteiger partial charge < -0.3 is 9.84 Å². The average Bonchev–Trinajstić information content (AvgIpc) is 3.07. The van der Waals surface area contributed by atoms with E-state index in [1.807, 2.05) is 0 Å². The highest BCUT2D eigenvalue weighted by atomic mass is 35.5. The Bertz CT molecular complexity index is 1210. The van der Waals surface area contributed by atoms with Crippen LogP contribution in [0.4, 0.5) is 10.1 Å². The second kappa shape index (κ2) is 8.85. The monoisotopic (exact) mass is 451 g/mol. The molecule has 1 aliphatic rings. The quantitative estimate of drug-likeness (QED) is 0.316. The topological polar surface area (TPSA) is 66.8 Å². The van der Waals surface area contributed by atoms with Crippen molar-refractivity contribution < 1.29 is 23.8 Å². The van der Waals surface area contributed by atoms with Crippen LogP contribution in [0.3, 0.4) is 0 Å². The van der Waals surface area contributed by atoms with E-state index in [1.54, 1.807) is 49.4 Å². The van der Waals surface area contributed by atoms with Crippen LogP contribution >= 0.6 is 11.6 Å². The minimum Gasteiger partial charge on any atom is -0.507 e. The molecule has 0 aliphatic carbocycles. The first kappa shape index (κ1) is 21.6. The summed E-state index contributed by atoms with van der Waals surface area (Å²) in [6.07, 6.45) is 0. The van der Waals surface area contributed by atoms with E-state index < -0.39 is 23.5 Å². The molecule has 3 aromatic carbocycles. The first-order chi connectivity index (χ1) is 15.4. The maximum absolute atomic E-state index is 13.5. The van der Waals surface area contributed by atoms with Gasteiger partial charge in [-0.25, -0.2) is 4.39 Å². The van der Waals surface area contributed by atoms with Gasteiger partial charge in [0.1, 0.15) is 17.3 Å². The molecule has 0 spiro atoms. The molecule has 3 aromatic rings. The summed E-state index contributed by atoms with van der Waals surface area (Å²) in [4.78, 5) is 27.4. The van der Waals surface area contributed by atoms with Crippen LogP contribution in [0.25, 0.3) is 5.76 Å². The molecule has 32 heavy (non-hydrogen) atoms. The first-order valence-electron chi connectivity index (χ1n) is 9.96. The fraction of sp³-hybridized carbons (Fsp3) is 0.120. The highest BCUT2D eigenvalue weighted by Gasteiger charge is 2.46. The summed E-state index contributed by atoms with van der Waals surface area (Å²) in [6.45, 7) is 2.16. The molecule has 7 heteroatoms. The summed E-state index contributed by atoms with van der Waals surface area (Å²) in [5, 5.41) is 11.5. The van der Waals surface area contributed by atoms with Gasteiger partial charge in [-0.15, -0.1) is 0 Å². The highest BCUT2D eigenvalue weighted by Crippen LogP contribution is 2.42. The van der Waals surface area contributed by atoms with Gasteiger partial charge in [-0.05, 0) is 55.0 Å². The van der Waals surface area contributed by atoms with E-state index in [9.17, 15) is 19.1 Å². The second-order valence-corrected chi connectivity index (χ2v) is 7.54. The number of halogens is 2. The van der Waals surface area contributed by atoms with E-state index in [0.29, 0.717) is 28.6 Å². The molecule has 162 valence electrons. The van der Waals surface area contributed by atoms with E-state index in [2.05, 4.69) is 0 Å². The molecule has 4 rings (SSSR count). The fourth-order valence-electron chi connectivity index (χ4n) is 3.72. The normalized spacial score (nSPS) is 17.6. The maximum Gasteiger partial charge on any atom is 0.300 e. The molecule has 5 nitrogen and oxygen atoms in total. The molecular formula is C25H19ClFNO4. The van der Waals surface area contributed by atoms with Crippen molar-refractivity contribution in [3.05, 3.63) is 100 Å². The van der Waals surface area contributed by atoms with Gasteiger partial charge in [-0.3, -0.25) is 14.5 Å². The Kier molecular flexibility index (Phi) is 5.97. The number of Topliss-reactive ketones (excluding diaryl/α,β-unsaturated/α-hetero) is 1. The lowest BCUT2D eigenvalue weighted by atomic mass is 9.95. The smallest absolute Gasteiger partial charge is 0.300 e. The summed E-state index contributed by atoms with van der Waals surface area (Å²) in [6, 6.07) is 17.9. The third kappa shape index (κ3) is 3.85. The molecule has 1 atom stereocenters. The van der Waals surface area contributed by atoms with Gasteiger partial charge in [0.15, 0.2) is 0 Å². The zero-order chi connectivity index (χ0) is 22.8. The van der Waals surface area contributed by atoms with Crippen molar-refractivity contribution in [1.29, 1.82) is 0 Å². The molecule has 0 saturated carbocycles. The predicted octanol–water partition coefficient (Wildman–Crippen LogP) is 5.50. The van der Waals surface area contributed by atoms with E-state index in [0.717, 1.165) is 0 Å². The van der Waals surface area contributed by atoms with Gasteiger partial charge in [0.25, 0.3) is 11.7 Å². The second-order valence-electron chi connectivity index (χ2n) is 7.13. The third-order valence-electron chi connectivity index (χ3n) is 5.17. The van der Waals surface area contributed by atoms with Crippen molar-refractivity contribution in [2.45, 2.75) is 13.0 Å². The van der Waals surface area contributed by atoms with Crippen LogP contribution < -0.4 is 9.64 Å². The van der Waals surface area contributed by atoms with Crippen molar-refractivity contribution in [2.24, 2.45) is 0 Å². The first-order valence-corrected chi connectivity index (χ1v) is 10.3. The van der Waals surface area contributed by atoms with Crippen LogP contribution in [-0.4, -0.2) is 23.4 Å². The van der Waals surface area contributed by atoms with Crippen molar-refractivity contribution >= 4 is 34.7 Å². The van der Waals surface area contributed by atoms with Gasteiger partial charge in [0.05, 0.1) is 23.2 Å². The van der Waals surface area contributed by atoms with Gasteiger partial charge in [-0.1, -0.05) is 41.9 Å². The Balaban J connectivity index is 1.91. The van der Waals surface area contributed by atoms with Gasteiger partial charge >= 0.3 is 0 Å². The average molecular weight is 452 g/mol. The molecule has 1 fully saturated rings. The van der Waals surface area contributed by atoms with E-state index in [1.165, 1.54) is 35.2 Å². The van der Waals surface area contributed by atoms with Gasteiger partial charge in [0.2, 0.25) is 0 Å². The van der Waals surface area contributed by atoms with E-state index in [-0.39, 0.29) is 16.9 Å². The molecule has 1 aliphatic heterocycles. The van der Waals surface area contributed by atoms with Crippen LogP contribution in [0.2, 0.25) is 5.02 Å². The summed E-state index contributed by atoms with van der Waals surface area (Å²) >= 11 is 6.15. The highest BCUT2D eigenvalue weighted by molar-refractivity contribution is 6.51. The van der Waals surface area contributed by atoms with Crippen molar-refractivity contribution in [3.8, 4) is 5.75 Å². The summed E-state index contributed by atoms with van der Waals surface area (Å²) in [7, 11) is 0. The number of ketones is 1. The van der Waals surface area contributed by atoms with Crippen LogP contribution in [0, 0.1) is 5.82 Å². The maximum atomic E-state index is 13.5. The Morgan fingerprint density at radius 3 is 2.41 bits per heavy atom. The molecule has 0 bridgehead atoms. The lowest BCUT2D eigenvalue weighted by Crippen LogP contribution is -2.29. The Labute approximate surface area is 189 Å². The number of hydrogen-bond acceptors (Lipinski definition) is 4. The number of rotatable bonds is 5. The molecule has 0 aromatic heterocycles. The predicted molar refractivity (Wildman–Crippen MR) is 120 cm³/mol. The van der Waals surface area contributed by atoms with Crippen LogP contribution in [0.15, 0.2) is 78.4 Å². The molecular weight excluding hydrogens is 433 g/mol. The molecule has 1 heterocycles. The number of ether oxygens (including phenoxy) is 1. The van der Waals surface area contributed by atoms with Crippen molar-refractivity contribution in [3.63, 3.8) is 0 Å². The fourth-order valence-corrected chi connectivity index (χ4v) is 3.90. The van der Waals surface area contributed by atoms with Gasteiger partial charge in [0, 0.05) is 11.3 Å². The number of benzene rings is 3. The standard InChI is InChI=1S/C25H19ClFNO4/c1-2-32-20-14-16(8-13-19(20)26)23(29)21-22(15-6-4-3-5-7-15)28(25(31)24(21)30)18-11-9-17(27)10-12-18/h3-14,22,29H,2H2,1H3/b23-21-. The number of aliphatic hydroxyl groups is 1. The van der Waals surface area contributed by atoms with Crippen LogP contribution in [0.1, 0.15) is 24.1 Å². The van der Waals surface area contributed by atoms with Crippen LogP contribution in [-0.2, 0) is 9.59 Å². The number of amides is 1. The SMILES string of the molecule is CCOc1cc(/C(O)=C2/C(=O)C(=O)N(c3ccc(F)cc3)C2c2ccccc2)ccc1Cl. The Hall–Kier alpha value is -3.64. The molecule has 1 saturated heterocycles. The number of carbonyl (C=O) groups excluding carboxylic acids is 2. The zero-order valence-electron chi connectivity index (χ0n) is 17.1. The van der Waals surface area contributed by atoms with Crippen LogP contribution in [0.5, 0.6) is 5.75 Å². The largest absolute Gasteiger partial charge is 0.507 e. The third-order valence-corrected chi connectivity index (χ3v) is 5.48. The van der Waals surface area contributed by atoms with E-state index >= 15 is 0 Å². The van der Waals surface area contributed by atoms with Gasteiger partial charge in [-0.2, -0.15) is 0 Å². The lowest BCUT2D eigenvalue weighted by molar-refractivity contribution is -0.132. The summed E-state index contributed by atoms with van der Waals surface area (Å²) in [5.41, 5.74) is 1.18. The molecule has 1 amide bonds. The summed E-state index contributed by atoms with van der Waals surface area (Å²) < 4.78 is 19.0. The van der Waals surface area contributed by atoms with Crippen molar-refractivity contribution in [2.75, 3.05) is 11.5 Å². The number of carbonyl (C=O) groups is 2. The number of nitrogens with zero attached hydrogens (tertiary/aromatic N) is 1. The molecule has 1 unspecified atom stereocenters. The zero-order valence-corrected chi connectivity index (χ0v) is 17.8. The minimum absolute atomic E-state index is 0.0738. The Morgan fingerprint density at radius 1 is 1.06 bits per heavy atom. The number of anilines is 1. The summed E-state index contributed by atoms with van der Waals surface area (Å²) in [5.74, 6) is -2.12.